The van der Waals surface area contributed by atoms with E-state index in [2.05, 4.69) is 11.8 Å². The highest BCUT2D eigenvalue weighted by molar-refractivity contribution is 7.91. The SMILES string of the molecule is CCN1CCC(N)C12CCS(=O)(=O)CC2. The lowest BCUT2D eigenvalue weighted by molar-refractivity contribution is 0.118. The highest BCUT2D eigenvalue weighted by Crippen LogP contribution is 2.38. The Labute approximate surface area is 91.7 Å². The average Bonchev–Trinajstić information content (AvgIpc) is 2.50. The van der Waals surface area contributed by atoms with Crippen LogP contribution in [-0.2, 0) is 9.84 Å². The Kier molecular flexibility index (Phi) is 2.81. The van der Waals surface area contributed by atoms with Gasteiger partial charge in [-0.25, -0.2) is 8.42 Å². The molecule has 2 saturated heterocycles. The van der Waals surface area contributed by atoms with Gasteiger partial charge in [0.25, 0.3) is 0 Å². The zero-order valence-electron chi connectivity index (χ0n) is 9.28. The molecule has 1 unspecified atom stereocenters. The first kappa shape index (κ1) is 11.4. The number of nitrogens with two attached hydrogens (primary N) is 1. The van der Waals surface area contributed by atoms with Crippen LogP contribution in [0, 0.1) is 0 Å². The summed E-state index contributed by atoms with van der Waals surface area (Å²) in [5.41, 5.74) is 6.15. The third-order valence-electron chi connectivity index (χ3n) is 4.10. The smallest absolute Gasteiger partial charge is 0.150 e. The molecule has 2 heterocycles. The molecule has 2 N–H and O–H groups in total. The zero-order valence-corrected chi connectivity index (χ0v) is 10.1. The quantitative estimate of drug-likeness (QED) is 0.690. The number of likely N-dealkylation sites (tertiary alicyclic amines) is 1. The summed E-state index contributed by atoms with van der Waals surface area (Å²) >= 11 is 0. The van der Waals surface area contributed by atoms with Gasteiger partial charge in [0.15, 0.2) is 0 Å². The average molecular weight is 232 g/mol. The summed E-state index contributed by atoms with van der Waals surface area (Å²) in [5.74, 6) is 0.633. The van der Waals surface area contributed by atoms with Crippen LogP contribution in [0.1, 0.15) is 26.2 Å². The molecule has 2 aliphatic heterocycles. The van der Waals surface area contributed by atoms with Gasteiger partial charge >= 0.3 is 0 Å². The summed E-state index contributed by atoms with van der Waals surface area (Å²) < 4.78 is 22.9. The minimum atomic E-state index is -2.78. The van der Waals surface area contributed by atoms with Crippen molar-refractivity contribution in [3.63, 3.8) is 0 Å². The van der Waals surface area contributed by atoms with Gasteiger partial charge in [-0.3, -0.25) is 4.90 Å². The minimum absolute atomic E-state index is 0.0138. The van der Waals surface area contributed by atoms with Gasteiger partial charge in [-0.05, 0) is 25.8 Å². The van der Waals surface area contributed by atoms with Gasteiger partial charge in [-0.15, -0.1) is 0 Å². The number of sulfone groups is 1. The number of hydrogen-bond acceptors (Lipinski definition) is 4. The van der Waals surface area contributed by atoms with Crippen molar-refractivity contribution < 1.29 is 8.42 Å². The number of hydrogen-bond donors (Lipinski definition) is 1. The molecule has 0 aromatic carbocycles. The van der Waals surface area contributed by atoms with E-state index in [0.717, 1.165) is 32.4 Å². The van der Waals surface area contributed by atoms with Gasteiger partial charge in [0, 0.05) is 18.1 Å². The molecule has 0 aliphatic carbocycles. The van der Waals surface area contributed by atoms with Crippen LogP contribution < -0.4 is 5.73 Å². The summed E-state index contributed by atoms with van der Waals surface area (Å²) in [4.78, 5) is 2.38. The highest BCUT2D eigenvalue weighted by Gasteiger charge is 2.48. The van der Waals surface area contributed by atoms with Crippen LogP contribution in [0.5, 0.6) is 0 Å². The van der Waals surface area contributed by atoms with Crippen LogP contribution in [0.3, 0.4) is 0 Å². The predicted octanol–water partition coefficient (Wildman–Crippen LogP) is -0.0133. The van der Waals surface area contributed by atoms with Crippen LogP contribution in [0.2, 0.25) is 0 Å². The fourth-order valence-corrected chi connectivity index (χ4v) is 4.61. The largest absolute Gasteiger partial charge is 0.326 e. The Bertz CT molecular complexity index is 325. The summed E-state index contributed by atoms with van der Waals surface area (Å²) in [6, 6.07) is 0.160. The van der Waals surface area contributed by atoms with Crippen LogP contribution in [0.15, 0.2) is 0 Å². The molecule has 4 nitrogen and oxygen atoms in total. The molecular weight excluding hydrogens is 212 g/mol. The molecule has 2 aliphatic rings. The molecule has 2 rings (SSSR count). The molecule has 88 valence electrons. The third-order valence-corrected chi connectivity index (χ3v) is 5.76. The molecule has 0 aromatic heterocycles. The van der Waals surface area contributed by atoms with Gasteiger partial charge in [0.05, 0.1) is 11.5 Å². The Morgan fingerprint density at radius 1 is 1.40 bits per heavy atom. The molecule has 0 bridgehead atoms. The molecule has 1 spiro atoms. The van der Waals surface area contributed by atoms with E-state index in [4.69, 9.17) is 5.73 Å². The fraction of sp³-hybridized carbons (Fsp3) is 1.00. The molecule has 0 amide bonds. The highest BCUT2D eigenvalue weighted by atomic mass is 32.2. The third kappa shape index (κ3) is 1.81. The van der Waals surface area contributed by atoms with Gasteiger partial charge < -0.3 is 5.73 Å². The van der Waals surface area contributed by atoms with Gasteiger partial charge in [0.1, 0.15) is 9.84 Å². The standard InChI is InChI=1S/C10H20N2O2S/c1-2-12-6-3-9(11)10(12)4-7-15(13,14)8-5-10/h9H,2-8,11H2,1H3. The topological polar surface area (TPSA) is 63.4 Å². The summed E-state index contributed by atoms with van der Waals surface area (Å²) in [6.07, 6.45) is 2.46. The van der Waals surface area contributed by atoms with Crippen molar-refractivity contribution in [3.8, 4) is 0 Å². The van der Waals surface area contributed by atoms with Crippen LogP contribution in [0.25, 0.3) is 0 Å². The van der Waals surface area contributed by atoms with Crippen LogP contribution in [-0.4, -0.2) is 49.5 Å². The Balaban J connectivity index is 2.19. The number of nitrogens with zero attached hydrogens (tertiary/aromatic N) is 1. The summed E-state index contributed by atoms with van der Waals surface area (Å²) in [6.45, 7) is 4.13. The van der Waals surface area contributed by atoms with E-state index >= 15 is 0 Å². The first-order valence-corrected chi connectivity index (χ1v) is 7.53. The second-order valence-corrected chi connectivity index (χ2v) is 7.03. The zero-order chi connectivity index (χ0) is 11.1. The molecular formula is C10H20N2O2S. The number of likely N-dealkylation sites (N-methyl/N-ethyl adjacent to an activating group) is 1. The summed E-state index contributed by atoms with van der Waals surface area (Å²) in [7, 11) is -2.78. The maximum atomic E-state index is 11.4. The molecule has 0 saturated carbocycles. The predicted molar refractivity (Wildman–Crippen MR) is 60.5 cm³/mol. The van der Waals surface area contributed by atoms with Crippen LogP contribution >= 0.6 is 0 Å². The lowest BCUT2D eigenvalue weighted by atomic mass is 9.85. The van der Waals surface area contributed by atoms with Crippen molar-refractivity contribution in [1.82, 2.24) is 4.90 Å². The maximum Gasteiger partial charge on any atom is 0.150 e. The normalized spacial score (nSPS) is 34.7. The van der Waals surface area contributed by atoms with E-state index in [-0.39, 0.29) is 11.6 Å². The molecule has 0 aromatic rings. The van der Waals surface area contributed by atoms with Gasteiger partial charge in [0.2, 0.25) is 0 Å². The van der Waals surface area contributed by atoms with Crippen molar-refractivity contribution in [2.75, 3.05) is 24.6 Å². The van der Waals surface area contributed by atoms with Crippen molar-refractivity contribution in [3.05, 3.63) is 0 Å². The van der Waals surface area contributed by atoms with Gasteiger partial charge in [-0.2, -0.15) is 0 Å². The van der Waals surface area contributed by atoms with E-state index in [9.17, 15) is 8.42 Å². The maximum absolute atomic E-state index is 11.4. The lowest BCUT2D eigenvalue weighted by Gasteiger charge is -2.43. The molecule has 0 radical (unpaired) electrons. The van der Waals surface area contributed by atoms with E-state index < -0.39 is 9.84 Å². The summed E-state index contributed by atoms with van der Waals surface area (Å²) in [5, 5.41) is 0. The molecule has 2 fully saturated rings. The first-order chi connectivity index (χ1) is 7.00. The molecule has 5 heteroatoms. The minimum Gasteiger partial charge on any atom is -0.326 e. The number of rotatable bonds is 1. The first-order valence-electron chi connectivity index (χ1n) is 5.71. The van der Waals surface area contributed by atoms with Crippen LogP contribution in [0.4, 0.5) is 0 Å². The van der Waals surface area contributed by atoms with E-state index in [1.165, 1.54) is 0 Å². The van der Waals surface area contributed by atoms with E-state index in [0.29, 0.717) is 11.5 Å². The van der Waals surface area contributed by atoms with Crippen molar-refractivity contribution in [1.29, 1.82) is 0 Å². The Morgan fingerprint density at radius 2 is 2.00 bits per heavy atom. The molecule has 15 heavy (non-hydrogen) atoms. The van der Waals surface area contributed by atoms with Crippen molar-refractivity contribution in [2.45, 2.75) is 37.8 Å². The fourth-order valence-electron chi connectivity index (χ4n) is 3.07. The monoisotopic (exact) mass is 232 g/mol. The van der Waals surface area contributed by atoms with Gasteiger partial charge in [-0.1, -0.05) is 6.92 Å². The Hall–Kier alpha value is -0.130. The lowest BCUT2D eigenvalue weighted by Crippen LogP contribution is -2.57. The molecule has 1 atom stereocenters. The van der Waals surface area contributed by atoms with E-state index in [1.54, 1.807) is 0 Å². The van der Waals surface area contributed by atoms with Crippen molar-refractivity contribution in [2.24, 2.45) is 5.73 Å². The second kappa shape index (κ2) is 3.71. The van der Waals surface area contributed by atoms with E-state index in [1.807, 2.05) is 0 Å². The second-order valence-electron chi connectivity index (χ2n) is 4.73. The van der Waals surface area contributed by atoms with Crippen molar-refractivity contribution >= 4 is 9.84 Å². The Morgan fingerprint density at radius 3 is 2.53 bits per heavy atom.